The number of halogens is 2. The molecule has 42 heavy (non-hydrogen) atoms. The Bertz CT molecular complexity index is 1570. The highest BCUT2D eigenvalue weighted by Crippen LogP contribution is 2.30. The first kappa shape index (κ1) is 30.5. The van der Waals surface area contributed by atoms with E-state index in [0.717, 1.165) is 54.1 Å². The third kappa shape index (κ3) is 6.70. The molecular weight excluding hydrogens is 534 g/mol. The highest BCUT2D eigenvalue weighted by molar-refractivity contribution is 5.96. The molecule has 1 saturated heterocycles. The lowest BCUT2D eigenvalue weighted by Crippen LogP contribution is -2.59. The van der Waals surface area contributed by atoms with Crippen molar-refractivity contribution in [2.45, 2.75) is 52.7 Å². The van der Waals surface area contributed by atoms with Gasteiger partial charge in [-0.25, -0.2) is 8.78 Å². The van der Waals surface area contributed by atoms with Crippen LogP contribution in [0.3, 0.4) is 0 Å². The summed E-state index contributed by atoms with van der Waals surface area (Å²) in [5.41, 5.74) is 4.60. The first-order valence-corrected chi connectivity index (χ1v) is 14.0. The van der Waals surface area contributed by atoms with E-state index in [9.17, 15) is 18.8 Å². The van der Waals surface area contributed by atoms with Crippen LogP contribution in [-0.4, -0.2) is 48.6 Å². The maximum Gasteiger partial charge on any atom is 0.251 e. The van der Waals surface area contributed by atoms with Crippen molar-refractivity contribution >= 4 is 17.3 Å². The summed E-state index contributed by atoms with van der Waals surface area (Å²) in [6.07, 6.45) is 0. The highest BCUT2D eigenvalue weighted by Gasteiger charge is 2.34. The molecule has 2 N–H and O–H groups in total. The minimum absolute atomic E-state index is 0.0692. The number of hydrogen-bond donors (Lipinski definition) is 2. The molecule has 1 aliphatic heterocycles. The van der Waals surface area contributed by atoms with Gasteiger partial charge in [0.1, 0.15) is 23.8 Å². The maximum atomic E-state index is 14.2. The summed E-state index contributed by atoms with van der Waals surface area (Å²) in [6.45, 7) is 13.3. The molecule has 9 heteroatoms. The number of nitriles is 2. The average Bonchev–Trinajstić information content (AvgIpc) is 2.95. The third-order valence-corrected chi connectivity index (χ3v) is 7.88. The van der Waals surface area contributed by atoms with Gasteiger partial charge in [-0.15, -0.1) is 0 Å². The molecule has 1 aliphatic rings. The average molecular weight is 571 g/mol. The van der Waals surface area contributed by atoms with E-state index in [0.29, 0.717) is 17.7 Å². The molecule has 0 radical (unpaired) electrons. The van der Waals surface area contributed by atoms with Gasteiger partial charge in [0, 0.05) is 55.9 Å². The van der Waals surface area contributed by atoms with Crippen molar-refractivity contribution in [2.75, 3.05) is 36.4 Å². The van der Waals surface area contributed by atoms with E-state index in [1.54, 1.807) is 13.0 Å². The molecule has 0 aliphatic carbocycles. The van der Waals surface area contributed by atoms with Crippen LogP contribution < -0.4 is 15.5 Å². The SMILES string of the molecule is Cc1cc(C)c(C(=O)N[C@@H](C)CNc2cc(F)c(C#N)cc2F)cc1CN1CCN(c2ccccc2C#N)CC1(C)C. The number of rotatable bonds is 8. The Kier molecular flexibility index (Phi) is 9.14. The molecule has 0 aromatic heterocycles. The summed E-state index contributed by atoms with van der Waals surface area (Å²) in [6, 6.07) is 17.0. The molecule has 1 atom stereocenters. The van der Waals surface area contributed by atoms with Gasteiger partial charge in [-0.2, -0.15) is 10.5 Å². The first-order chi connectivity index (χ1) is 19.9. The first-order valence-electron chi connectivity index (χ1n) is 14.0. The Labute approximate surface area is 246 Å². The van der Waals surface area contributed by atoms with Crippen LogP contribution in [0.1, 0.15) is 58.9 Å². The number of carbonyl (C=O) groups excluding carboxylic acids is 1. The van der Waals surface area contributed by atoms with Crippen molar-refractivity contribution in [3.8, 4) is 12.1 Å². The number of aryl methyl sites for hydroxylation is 2. The number of amides is 1. The quantitative estimate of drug-likeness (QED) is 0.363. The van der Waals surface area contributed by atoms with E-state index >= 15 is 0 Å². The van der Waals surface area contributed by atoms with E-state index in [1.807, 2.05) is 50.2 Å². The number of hydrogen-bond acceptors (Lipinski definition) is 6. The van der Waals surface area contributed by atoms with Crippen molar-refractivity contribution in [3.63, 3.8) is 0 Å². The fourth-order valence-electron chi connectivity index (χ4n) is 5.43. The van der Waals surface area contributed by atoms with E-state index in [2.05, 4.69) is 40.4 Å². The summed E-state index contributed by atoms with van der Waals surface area (Å²) < 4.78 is 28.2. The van der Waals surface area contributed by atoms with Gasteiger partial charge < -0.3 is 15.5 Å². The maximum absolute atomic E-state index is 14.2. The van der Waals surface area contributed by atoms with Crippen LogP contribution >= 0.6 is 0 Å². The lowest BCUT2D eigenvalue weighted by Gasteiger charge is -2.48. The smallest absolute Gasteiger partial charge is 0.251 e. The van der Waals surface area contributed by atoms with Gasteiger partial charge in [-0.05, 0) is 75.6 Å². The molecule has 3 aromatic rings. The van der Waals surface area contributed by atoms with Gasteiger partial charge >= 0.3 is 0 Å². The van der Waals surface area contributed by atoms with E-state index in [4.69, 9.17) is 5.26 Å². The number of anilines is 2. The lowest BCUT2D eigenvalue weighted by atomic mass is 9.94. The molecule has 0 spiro atoms. The minimum Gasteiger partial charge on any atom is -0.381 e. The Balaban J connectivity index is 1.43. The van der Waals surface area contributed by atoms with Crippen molar-refractivity contribution in [1.29, 1.82) is 10.5 Å². The molecule has 1 amide bonds. The number of para-hydroxylation sites is 1. The summed E-state index contributed by atoms with van der Waals surface area (Å²) in [4.78, 5) is 18.0. The molecule has 218 valence electrons. The number of piperazine rings is 1. The van der Waals surface area contributed by atoms with Crippen LogP contribution in [0.5, 0.6) is 0 Å². The Morgan fingerprint density at radius 1 is 1.00 bits per heavy atom. The molecule has 1 fully saturated rings. The summed E-state index contributed by atoms with van der Waals surface area (Å²) >= 11 is 0. The number of carbonyl (C=O) groups is 1. The summed E-state index contributed by atoms with van der Waals surface area (Å²) in [5, 5.41) is 24.2. The van der Waals surface area contributed by atoms with Gasteiger partial charge in [-0.3, -0.25) is 9.69 Å². The predicted octanol–water partition coefficient (Wildman–Crippen LogP) is 5.66. The molecule has 4 rings (SSSR count). The Morgan fingerprint density at radius 2 is 1.71 bits per heavy atom. The van der Waals surface area contributed by atoms with Gasteiger partial charge in [0.25, 0.3) is 5.91 Å². The largest absolute Gasteiger partial charge is 0.381 e. The minimum atomic E-state index is -0.808. The number of nitrogens with zero attached hydrogens (tertiary/aromatic N) is 4. The molecule has 0 unspecified atom stereocenters. The zero-order valence-electron chi connectivity index (χ0n) is 24.7. The Morgan fingerprint density at radius 3 is 2.40 bits per heavy atom. The van der Waals surface area contributed by atoms with Crippen LogP contribution in [0.2, 0.25) is 0 Å². The van der Waals surface area contributed by atoms with Gasteiger partial charge in [-0.1, -0.05) is 18.2 Å². The fourth-order valence-corrected chi connectivity index (χ4v) is 5.43. The molecule has 1 heterocycles. The van der Waals surface area contributed by atoms with Crippen LogP contribution in [-0.2, 0) is 6.54 Å². The van der Waals surface area contributed by atoms with Gasteiger partial charge in [0.2, 0.25) is 0 Å². The van der Waals surface area contributed by atoms with E-state index in [-0.39, 0.29) is 35.3 Å². The van der Waals surface area contributed by atoms with E-state index < -0.39 is 11.6 Å². The highest BCUT2D eigenvalue weighted by atomic mass is 19.1. The second kappa shape index (κ2) is 12.6. The molecule has 3 aromatic carbocycles. The normalized spacial score (nSPS) is 15.4. The van der Waals surface area contributed by atoms with Crippen LogP contribution in [0.4, 0.5) is 20.2 Å². The second-order valence-corrected chi connectivity index (χ2v) is 11.6. The predicted molar refractivity (Wildman–Crippen MR) is 160 cm³/mol. The molecule has 7 nitrogen and oxygen atoms in total. The van der Waals surface area contributed by atoms with E-state index in [1.165, 1.54) is 0 Å². The third-order valence-electron chi connectivity index (χ3n) is 7.88. The van der Waals surface area contributed by atoms with Crippen LogP contribution in [0, 0.1) is 48.1 Å². The van der Waals surface area contributed by atoms with Gasteiger partial charge in [0.05, 0.1) is 22.5 Å². The number of nitrogens with one attached hydrogen (secondary N) is 2. The molecule has 0 bridgehead atoms. The molecular formula is C33H36F2N6O. The zero-order chi connectivity index (χ0) is 30.6. The number of benzene rings is 3. The van der Waals surface area contributed by atoms with Crippen molar-refractivity contribution in [1.82, 2.24) is 10.2 Å². The zero-order valence-corrected chi connectivity index (χ0v) is 24.7. The Hall–Kier alpha value is -4.47. The fraction of sp³-hybridized carbons (Fsp3) is 0.364. The van der Waals surface area contributed by atoms with Crippen molar-refractivity contribution in [2.24, 2.45) is 0 Å². The summed E-state index contributed by atoms with van der Waals surface area (Å²) in [5.74, 6) is -1.78. The summed E-state index contributed by atoms with van der Waals surface area (Å²) in [7, 11) is 0. The molecule has 0 saturated carbocycles. The van der Waals surface area contributed by atoms with Crippen LogP contribution in [0.25, 0.3) is 0 Å². The van der Waals surface area contributed by atoms with Crippen molar-refractivity contribution < 1.29 is 13.6 Å². The lowest BCUT2D eigenvalue weighted by molar-refractivity contribution is 0.0936. The monoisotopic (exact) mass is 570 g/mol. The van der Waals surface area contributed by atoms with Crippen LogP contribution in [0.15, 0.2) is 48.5 Å². The second-order valence-electron chi connectivity index (χ2n) is 11.6. The van der Waals surface area contributed by atoms with Gasteiger partial charge in [0.15, 0.2) is 0 Å². The topological polar surface area (TPSA) is 95.2 Å². The standard InChI is InChI=1S/C33H36F2N6O/c1-21-12-22(2)27(32(42)39-23(3)18-38-30-15-28(34)25(17-37)14-29(30)35)13-26(21)19-41-11-10-40(20-33(41,4)5)31-9-7-6-8-24(31)16-36/h6-9,12-15,23,38H,10-11,18-20H2,1-5H3,(H,39,42)/t23-/m0/s1. The van der Waals surface area contributed by atoms with Crippen molar-refractivity contribution in [3.05, 3.63) is 93.5 Å².